The first kappa shape index (κ1) is 13.2. The van der Waals surface area contributed by atoms with Crippen LogP contribution in [-0.4, -0.2) is 18.7 Å². The molecule has 0 bridgehead atoms. The minimum absolute atomic E-state index is 0.227. The van der Waals surface area contributed by atoms with Crippen LogP contribution in [0, 0.1) is 0 Å². The SMILES string of the molecule is O=C(OCc1ccccc1)c1cccc(OBO)c1. The Kier molecular flexibility index (Phi) is 4.58. The number of esters is 1. The summed E-state index contributed by atoms with van der Waals surface area (Å²) in [7, 11) is -0.428. The van der Waals surface area contributed by atoms with Gasteiger partial charge in [0, 0.05) is 0 Å². The molecule has 0 amide bonds. The van der Waals surface area contributed by atoms with E-state index >= 15 is 0 Å². The van der Waals surface area contributed by atoms with Gasteiger partial charge in [0.25, 0.3) is 0 Å². The third kappa shape index (κ3) is 3.86. The molecule has 5 heteroatoms. The van der Waals surface area contributed by atoms with Crippen molar-refractivity contribution in [1.29, 1.82) is 0 Å². The molecule has 0 atom stereocenters. The Morgan fingerprint density at radius 1 is 1.11 bits per heavy atom. The predicted molar refractivity (Wildman–Crippen MR) is 72.0 cm³/mol. The minimum Gasteiger partial charge on any atom is -0.539 e. The summed E-state index contributed by atoms with van der Waals surface area (Å²) in [5, 5.41) is 8.66. The van der Waals surface area contributed by atoms with Gasteiger partial charge in [0.05, 0.1) is 5.56 Å². The molecule has 2 aromatic rings. The average Bonchev–Trinajstić information content (AvgIpc) is 2.46. The Morgan fingerprint density at radius 3 is 2.63 bits per heavy atom. The number of carbonyl (C=O) groups excluding carboxylic acids is 1. The van der Waals surface area contributed by atoms with E-state index in [0.29, 0.717) is 11.3 Å². The summed E-state index contributed by atoms with van der Waals surface area (Å²) in [6, 6.07) is 15.9. The summed E-state index contributed by atoms with van der Waals surface area (Å²) < 4.78 is 10.1. The van der Waals surface area contributed by atoms with E-state index in [2.05, 4.69) is 0 Å². The van der Waals surface area contributed by atoms with Crippen LogP contribution in [0.3, 0.4) is 0 Å². The van der Waals surface area contributed by atoms with E-state index in [1.165, 1.54) is 6.07 Å². The lowest BCUT2D eigenvalue weighted by molar-refractivity contribution is 0.0472. The van der Waals surface area contributed by atoms with Crippen LogP contribution >= 0.6 is 0 Å². The average molecular weight is 256 g/mol. The van der Waals surface area contributed by atoms with Gasteiger partial charge in [-0.3, -0.25) is 0 Å². The van der Waals surface area contributed by atoms with Crippen molar-refractivity contribution < 1.29 is 19.2 Å². The topological polar surface area (TPSA) is 55.8 Å². The molecule has 0 aromatic heterocycles. The third-order valence-electron chi connectivity index (χ3n) is 2.51. The Balaban J connectivity index is 1.98. The zero-order valence-corrected chi connectivity index (χ0v) is 10.3. The highest BCUT2D eigenvalue weighted by molar-refractivity contribution is 6.17. The molecule has 0 spiro atoms. The molecule has 0 aliphatic carbocycles. The van der Waals surface area contributed by atoms with E-state index in [1.807, 2.05) is 30.3 Å². The van der Waals surface area contributed by atoms with Gasteiger partial charge in [0.1, 0.15) is 12.4 Å². The van der Waals surface area contributed by atoms with Crippen LogP contribution < -0.4 is 4.65 Å². The molecule has 0 unspecified atom stereocenters. The highest BCUT2D eigenvalue weighted by atomic mass is 16.5. The van der Waals surface area contributed by atoms with Gasteiger partial charge in [0.2, 0.25) is 0 Å². The van der Waals surface area contributed by atoms with E-state index in [0.717, 1.165) is 5.56 Å². The number of benzene rings is 2. The van der Waals surface area contributed by atoms with Gasteiger partial charge in [-0.05, 0) is 23.8 Å². The first-order chi connectivity index (χ1) is 9.29. The molecule has 2 rings (SSSR count). The summed E-state index contributed by atoms with van der Waals surface area (Å²) >= 11 is 0. The molecule has 0 fully saturated rings. The zero-order valence-electron chi connectivity index (χ0n) is 10.3. The lowest BCUT2D eigenvalue weighted by Gasteiger charge is -2.06. The summed E-state index contributed by atoms with van der Waals surface area (Å²) in [6.07, 6.45) is 0. The molecule has 0 saturated carbocycles. The zero-order chi connectivity index (χ0) is 13.5. The lowest BCUT2D eigenvalue weighted by atomic mass is 10.2. The van der Waals surface area contributed by atoms with Crippen molar-refractivity contribution >= 4 is 13.7 Å². The van der Waals surface area contributed by atoms with Crippen molar-refractivity contribution in [2.45, 2.75) is 6.61 Å². The van der Waals surface area contributed by atoms with Crippen LogP contribution in [0.4, 0.5) is 0 Å². The monoisotopic (exact) mass is 256 g/mol. The number of ether oxygens (including phenoxy) is 1. The van der Waals surface area contributed by atoms with Gasteiger partial charge in [-0.25, -0.2) is 4.79 Å². The smallest absolute Gasteiger partial charge is 0.504 e. The normalized spacial score (nSPS) is 9.74. The summed E-state index contributed by atoms with van der Waals surface area (Å²) in [4.78, 5) is 11.8. The van der Waals surface area contributed by atoms with Crippen LogP contribution in [0.15, 0.2) is 54.6 Å². The quantitative estimate of drug-likeness (QED) is 0.653. The standard InChI is InChI=1S/C14H13BO4/c16-14(18-10-11-5-2-1-3-6-11)12-7-4-8-13(9-12)19-15-17/h1-9,15,17H,10H2. The molecule has 2 aromatic carbocycles. The largest absolute Gasteiger partial charge is 0.539 e. The van der Waals surface area contributed by atoms with Crippen molar-refractivity contribution in [3.8, 4) is 5.75 Å². The Hall–Kier alpha value is -2.27. The van der Waals surface area contributed by atoms with Crippen LogP contribution in [0.5, 0.6) is 5.75 Å². The van der Waals surface area contributed by atoms with Crippen LogP contribution in [0.1, 0.15) is 15.9 Å². The molecule has 19 heavy (non-hydrogen) atoms. The maximum absolute atomic E-state index is 11.8. The Bertz CT molecular complexity index is 542. The number of rotatable bonds is 5. The number of hydrogen-bond acceptors (Lipinski definition) is 4. The van der Waals surface area contributed by atoms with Gasteiger partial charge >= 0.3 is 13.7 Å². The Morgan fingerprint density at radius 2 is 1.89 bits per heavy atom. The second kappa shape index (κ2) is 6.61. The lowest BCUT2D eigenvalue weighted by Crippen LogP contribution is -2.06. The van der Waals surface area contributed by atoms with E-state index < -0.39 is 13.7 Å². The second-order valence-electron chi connectivity index (χ2n) is 3.86. The first-order valence-corrected chi connectivity index (χ1v) is 5.84. The highest BCUT2D eigenvalue weighted by Crippen LogP contribution is 2.14. The maximum Gasteiger partial charge on any atom is 0.504 e. The first-order valence-electron chi connectivity index (χ1n) is 5.84. The summed E-state index contributed by atoms with van der Waals surface area (Å²) in [5.41, 5.74) is 1.32. The fourth-order valence-electron chi connectivity index (χ4n) is 1.59. The van der Waals surface area contributed by atoms with Crippen molar-refractivity contribution in [2.24, 2.45) is 0 Å². The molecule has 1 N–H and O–H groups in total. The molecular weight excluding hydrogens is 243 g/mol. The maximum atomic E-state index is 11.8. The summed E-state index contributed by atoms with van der Waals surface area (Å²) in [5.74, 6) is 0.00361. The van der Waals surface area contributed by atoms with E-state index in [-0.39, 0.29) is 6.61 Å². The molecular formula is C14H13BO4. The summed E-state index contributed by atoms with van der Waals surface area (Å²) in [6.45, 7) is 0.227. The number of carbonyl (C=O) groups is 1. The molecule has 0 aliphatic heterocycles. The fourth-order valence-corrected chi connectivity index (χ4v) is 1.59. The van der Waals surface area contributed by atoms with Crippen molar-refractivity contribution in [3.05, 3.63) is 65.7 Å². The highest BCUT2D eigenvalue weighted by Gasteiger charge is 2.08. The van der Waals surface area contributed by atoms with Gasteiger partial charge in [0.15, 0.2) is 0 Å². The van der Waals surface area contributed by atoms with Crippen molar-refractivity contribution in [3.63, 3.8) is 0 Å². The van der Waals surface area contributed by atoms with E-state index in [9.17, 15) is 4.79 Å². The van der Waals surface area contributed by atoms with Crippen LogP contribution in [0.25, 0.3) is 0 Å². The third-order valence-corrected chi connectivity index (χ3v) is 2.51. The van der Waals surface area contributed by atoms with Crippen molar-refractivity contribution in [2.75, 3.05) is 0 Å². The van der Waals surface area contributed by atoms with Gasteiger partial charge in [-0.1, -0.05) is 36.4 Å². The van der Waals surface area contributed by atoms with E-state index in [1.54, 1.807) is 18.2 Å². The Labute approximate surface area is 111 Å². The molecule has 4 nitrogen and oxygen atoms in total. The minimum atomic E-state index is -0.428. The van der Waals surface area contributed by atoms with Crippen LogP contribution in [0.2, 0.25) is 0 Å². The van der Waals surface area contributed by atoms with Gasteiger partial charge in [-0.2, -0.15) is 0 Å². The molecule has 0 heterocycles. The molecule has 0 aliphatic rings. The van der Waals surface area contributed by atoms with Crippen molar-refractivity contribution in [1.82, 2.24) is 0 Å². The molecule has 0 radical (unpaired) electrons. The molecule has 0 saturated heterocycles. The van der Waals surface area contributed by atoms with Crippen LogP contribution in [-0.2, 0) is 11.3 Å². The van der Waals surface area contributed by atoms with Gasteiger partial charge in [-0.15, -0.1) is 0 Å². The number of hydrogen-bond donors (Lipinski definition) is 1. The van der Waals surface area contributed by atoms with E-state index in [4.69, 9.17) is 14.4 Å². The predicted octanol–water partition coefficient (Wildman–Crippen LogP) is 1.68. The second-order valence-corrected chi connectivity index (χ2v) is 3.86. The van der Waals surface area contributed by atoms with Gasteiger partial charge < -0.3 is 14.4 Å². The fraction of sp³-hybridized carbons (Fsp3) is 0.0714. The molecule has 96 valence electrons.